The molecule has 0 radical (unpaired) electrons. The highest BCUT2D eigenvalue weighted by atomic mass is 32.2. The highest BCUT2D eigenvalue weighted by molar-refractivity contribution is 8.00. The molecule has 3 nitrogen and oxygen atoms in total. The Hall–Kier alpha value is -1.52. The normalized spacial score (nSPS) is 13.2. The fourth-order valence-electron chi connectivity index (χ4n) is 1.90. The van der Waals surface area contributed by atoms with Gasteiger partial charge in [-0.25, -0.2) is 0 Å². The predicted molar refractivity (Wildman–Crippen MR) is 90.3 cm³/mol. The molecule has 2 unspecified atom stereocenters. The maximum Gasteiger partial charge on any atom is 0.235 e. The van der Waals surface area contributed by atoms with Crippen molar-refractivity contribution in [3.8, 4) is 0 Å². The molecule has 1 amide bonds. The van der Waals surface area contributed by atoms with Crippen LogP contribution in [0, 0.1) is 0 Å². The van der Waals surface area contributed by atoms with Gasteiger partial charge in [-0.3, -0.25) is 4.79 Å². The SMILES string of the molecule is C=CCN(CC=C)C(=O)C(C)SCC(O)c1ccccc1. The number of thioether (sulfide) groups is 1. The average Bonchev–Trinajstić information content (AvgIpc) is 2.52. The molecule has 114 valence electrons. The number of carbonyl (C=O) groups is 1. The van der Waals surface area contributed by atoms with Crippen LogP contribution in [-0.4, -0.2) is 40.0 Å². The lowest BCUT2D eigenvalue weighted by Gasteiger charge is -2.23. The molecular formula is C17H23NO2S. The van der Waals surface area contributed by atoms with Crippen molar-refractivity contribution in [3.63, 3.8) is 0 Å². The smallest absolute Gasteiger partial charge is 0.235 e. The molecule has 0 heterocycles. The van der Waals surface area contributed by atoms with Crippen LogP contribution in [0.1, 0.15) is 18.6 Å². The van der Waals surface area contributed by atoms with E-state index in [1.165, 1.54) is 11.8 Å². The van der Waals surface area contributed by atoms with Crippen LogP contribution in [0.3, 0.4) is 0 Å². The molecule has 0 saturated heterocycles. The summed E-state index contributed by atoms with van der Waals surface area (Å²) in [6.07, 6.45) is 2.86. The molecule has 1 N–H and O–H groups in total. The van der Waals surface area contributed by atoms with Crippen molar-refractivity contribution in [2.45, 2.75) is 18.3 Å². The van der Waals surface area contributed by atoms with Crippen LogP contribution >= 0.6 is 11.8 Å². The van der Waals surface area contributed by atoms with Crippen LogP contribution in [0.2, 0.25) is 0 Å². The van der Waals surface area contributed by atoms with Gasteiger partial charge in [0.25, 0.3) is 0 Å². The highest BCUT2D eigenvalue weighted by Gasteiger charge is 2.20. The van der Waals surface area contributed by atoms with E-state index in [0.29, 0.717) is 18.8 Å². The summed E-state index contributed by atoms with van der Waals surface area (Å²) in [5, 5.41) is 9.91. The maximum absolute atomic E-state index is 12.3. The van der Waals surface area contributed by atoms with Crippen molar-refractivity contribution in [2.24, 2.45) is 0 Å². The zero-order valence-electron chi connectivity index (χ0n) is 12.4. The average molecular weight is 305 g/mol. The molecule has 0 saturated carbocycles. The minimum absolute atomic E-state index is 0.0417. The number of benzene rings is 1. The van der Waals surface area contributed by atoms with E-state index >= 15 is 0 Å². The Bertz CT molecular complexity index is 451. The van der Waals surface area contributed by atoms with Crippen LogP contribution in [0.15, 0.2) is 55.6 Å². The van der Waals surface area contributed by atoms with Crippen molar-refractivity contribution in [3.05, 3.63) is 61.2 Å². The topological polar surface area (TPSA) is 40.5 Å². The zero-order valence-corrected chi connectivity index (χ0v) is 13.3. The Morgan fingerprint density at radius 1 is 1.29 bits per heavy atom. The lowest BCUT2D eigenvalue weighted by molar-refractivity contribution is -0.129. The highest BCUT2D eigenvalue weighted by Crippen LogP contribution is 2.22. The number of hydrogen-bond acceptors (Lipinski definition) is 3. The van der Waals surface area contributed by atoms with Gasteiger partial charge >= 0.3 is 0 Å². The minimum atomic E-state index is -0.557. The number of aliphatic hydroxyl groups is 1. The lowest BCUT2D eigenvalue weighted by atomic mass is 10.1. The molecule has 0 spiro atoms. The van der Waals surface area contributed by atoms with E-state index in [-0.39, 0.29) is 11.2 Å². The van der Waals surface area contributed by atoms with Gasteiger partial charge in [0.1, 0.15) is 0 Å². The fraction of sp³-hybridized carbons (Fsp3) is 0.353. The van der Waals surface area contributed by atoms with E-state index < -0.39 is 6.10 Å². The van der Waals surface area contributed by atoms with Crippen LogP contribution in [0.4, 0.5) is 0 Å². The van der Waals surface area contributed by atoms with Crippen molar-refractivity contribution < 1.29 is 9.90 Å². The van der Waals surface area contributed by atoms with Crippen LogP contribution in [0.25, 0.3) is 0 Å². The summed E-state index contributed by atoms with van der Waals surface area (Å²) in [5.41, 5.74) is 0.874. The summed E-state index contributed by atoms with van der Waals surface area (Å²) >= 11 is 1.46. The first-order valence-corrected chi connectivity index (χ1v) is 8.00. The quantitative estimate of drug-likeness (QED) is 0.713. The second-order valence-corrected chi connectivity index (χ2v) is 6.10. The van der Waals surface area contributed by atoms with Gasteiger partial charge in [-0.1, -0.05) is 42.5 Å². The van der Waals surface area contributed by atoms with Crippen LogP contribution < -0.4 is 0 Å². The van der Waals surface area contributed by atoms with E-state index in [0.717, 1.165) is 5.56 Å². The van der Waals surface area contributed by atoms with Gasteiger partial charge < -0.3 is 10.0 Å². The van der Waals surface area contributed by atoms with Gasteiger partial charge in [0.05, 0.1) is 11.4 Å². The number of aliphatic hydroxyl groups excluding tert-OH is 1. The molecule has 1 aromatic rings. The molecule has 0 aliphatic carbocycles. The molecule has 0 aromatic heterocycles. The third kappa shape index (κ3) is 5.78. The fourth-order valence-corrected chi connectivity index (χ4v) is 2.86. The Balaban J connectivity index is 2.51. The lowest BCUT2D eigenvalue weighted by Crippen LogP contribution is -2.37. The molecule has 1 rings (SSSR count). The number of rotatable bonds is 9. The number of carbonyl (C=O) groups excluding carboxylic acids is 1. The van der Waals surface area contributed by atoms with E-state index in [2.05, 4.69) is 13.2 Å². The van der Waals surface area contributed by atoms with Gasteiger partial charge in [0.15, 0.2) is 0 Å². The Morgan fingerprint density at radius 2 is 1.86 bits per heavy atom. The largest absolute Gasteiger partial charge is 0.388 e. The molecular weight excluding hydrogens is 282 g/mol. The van der Waals surface area contributed by atoms with E-state index in [1.54, 1.807) is 17.1 Å². The van der Waals surface area contributed by atoms with Crippen molar-refractivity contribution in [2.75, 3.05) is 18.8 Å². The van der Waals surface area contributed by atoms with E-state index in [1.807, 2.05) is 37.3 Å². The molecule has 0 bridgehead atoms. The number of hydrogen-bond donors (Lipinski definition) is 1. The second-order valence-electron chi connectivity index (χ2n) is 4.72. The molecule has 1 aromatic carbocycles. The standard InChI is InChI=1S/C17H23NO2S/c1-4-11-18(12-5-2)17(20)14(3)21-13-16(19)15-9-7-6-8-10-15/h4-10,14,16,19H,1-2,11-13H2,3H3. The predicted octanol–water partition coefficient (Wildman–Crippen LogP) is 3.04. The molecule has 2 atom stereocenters. The third-order valence-electron chi connectivity index (χ3n) is 3.05. The summed E-state index contributed by atoms with van der Waals surface area (Å²) in [7, 11) is 0. The second kappa shape index (κ2) is 9.42. The third-order valence-corrected chi connectivity index (χ3v) is 4.26. The zero-order chi connectivity index (χ0) is 15.7. The molecule has 0 fully saturated rings. The summed E-state index contributed by atoms with van der Waals surface area (Å²) < 4.78 is 0. The molecule has 21 heavy (non-hydrogen) atoms. The van der Waals surface area contributed by atoms with Gasteiger partial charge in [-0.05, 0) is 12.5 Å². The molecule has 0 aliphatic rings. The van der Waals surface area contributed by atoms with Gasteiger partial charge in [-0.2, -0.15) is 0 Å². The summed E-state index contributed by atoms with van der Waals surface area (Å²) in [4.78, 5) is 14.0. The van der Waals surface area contributed by atoms with Crippen molar-refractivity contribution >= 4 is 17.7 Å². The monoisotopic (exact) mass is 305 g/mol. The van der Waals surface area contributed by atoms with Crippen molar-refractivity contribution in [1.82, 2.24) is 4.90 Å². The van der Waals surface area contributed by atoms with Gasteiger partial charge in [-0.15, -0.1) is 24.9 Å². The first-order chi connectivity index (χ1) is 10.1. The van der Waals surface area contributed by atoms with Gasteiger partial charge in [0, 0.05) is 18.8 Å². The van der Waals surface area contributed by atoms with Gasteiger partial charge in [0.2, 0.25) is 5.91 Å². The summed E-state index contributed by atoms with van der Waals surface area (Å²) in [6, 6.07) is 9.48. The number of nitrogens with zero attached hydrogens (tertiary/aromatic N) is 1. The molecule has 0 aliphatic heterocycles. The van der Waals surface area contributed by atoms with E-state index in [9.17, 15) is 9.90 Å². The maximum atomic E-state index is 12.3. The first-order valence-electron chi connectivity index (χ1n) is 6.95. The van der Waals surface area contributed by atoms with Crippen LogP contribution in [-0.2, 0) is 4.79 Å². The Morgan fingerprint density at radius 3 is 2.38 bits per heavy atom. The first kappa shape index (κ1) is 17.5. The Labute approximate surface area is 131 Å². The number of amides is 1. The summed E-state index contributed by atoms with van der Waals surface area (Å²) in [5.74, 6) is 0.535. The van der Waals surface area contributed by atoms with Crippen molar-refractivity contribution in [1.29, 1.82) is 0 Å². The molecule has 4 heteroatoms. The van der Waals surface area contributed by atoms with E-state index in [4.69, 9.17) is 0 Å². The van der Waals surface area contributed by atoms with Crippen LogP contribution in [0.5, 0.6) is 0 Å². The minimum Gasteiger partial charge on any atom is -0.388 e. The summed E-state index contributed by atoms with van der Waals surface area (Å²) in [6.45, 7) is 10.2. The Kier molecular flexibility index (Phi) is 7.87.